The summed E-state index contributed by atoms with van der Waals surface area (Å²) in [6.45, 7) is 1.45. The van der Waals surface area contributed by atoms with Crippen LogP contribution in [-0.4, -0.2) is 18.0 Å². The SMILES string of the molecule is C[C@H](OC(=O)Cc1cccs1)C(N)=O. The van der Waals surface area contributed by atoms with Gasteiger partial charge in [-0.1, -0.05) is 6.07 Å². The minimum atomic E-state index is -0.859. The first-order valence-electron chi connectivity index (χ1n) is 4.11. The van der Waals surface area contributed by atoms with Gasteiger partial charge in [-0.2, -0.15) is 0 Å². The van der Waals surface area contributed by atoms with Crippen LogP contribution >= 0.6 is 11.3 Å². The molecule has 0 spiro atoms. The van der Waals surface area contributed by atoms with E-state index in [1.807, 2.05) is 17.5 Å². The van der Waals surface area contributed by atoms with E-state index in [-0.39, 0.29) is 6.42 Å². The lowest BCUT2D eigenvalue weighted by molar-refractivity contribution is -0.153. The minimum absolute atomic E-state index is 0.190. The lowest BCUT2D eigenvalue weighted by Gasteiger charge is -2.08. The van der Waals surface area contributed by atoms with Crippen LogP contribution in [0, 0.1) is 0 Å². The van der Waals surface area contributed by atoms with Crippen LogP contribution in [0.2, 0.25) is 0 Å². The van der Waals surface area contributed by atoms with Gasteiger partial charge in [-0.3, -0.25) is 9.59 Å². The predicted molar refractivity (Wildman–Crippen MR) is 52.8 cm³/mol. The summed E-state index contributed by atoms with van der Waals surface area (Å²) in [4.78, 5) is 22.7. The van der Waals surface area contributed by atoms with Crippen molar-refractivity contribution in [1.29, 1.82) is 0 Å². The first-order valence-corrected chi connectivity index (χ1v) is 4.98. The summed E-state index contributed by atoms with van der Waals surface area (Å²) in [6, 6.07) is 3.69. The van der Waals surface area contributed by atoms with E-state index < -0.39 is 18.0 Å². The molecule has 0 radical (unpaired) electrons. The molecule has 0 bridgehead atoms. The molecular formula is C9H11NO3S. The van der Waals surface area contributed by atoms with Crippen LogP contribution in [0.3, 0.4) is 0 Å². The third-order valence-corrected chi connectivity index (χ3v) is 2.48. The number of nitrogens with two attached hydrogens (primary N) is 1. The van der Waals surface area contributed by atoms with Crippen LogP contribution in [0.5, 0.6) is 0 Å². The van der Waals surface area contributed by atoms with Gasteiger partial charge in [-0.05, 0) is 18.4 Å². The molecule has 76 valence electrons. The van der Waals surface area contributed by atoms with Crippen molar-refractivity contribution >= 4 is 23.2 Å². The number of carbonyl (C=O) groups excluding carboxylic acids is 2. The zero-order valence-corrected chi connectivity index (χ0v) is 8.54. The summed E-state index contributed by atoms with van der Waals surface area (Å²) in [7, 11) is 0. The van der Waals surface area contributed by atoms with Crippen molar-refractivity contribution in [3.63, 3.8) is 0 Å². The molecular weight excluding hydrogens is 202 g/mol. The fourth-order valence-corrected chi connectivity index (χ4v) is 1.54. The van der Waals surface area contributed by atoms with Crippen molar-refractivity contribution in [3.8, 4) is 0 Å². The maximum absolute atomic E-state index is 11.2. The van der Waals surface area contributed by atoms with Crippen molar-refractivity contribution in [1.82, 2.24) is 0 Å². The zero-order chi connectivity index (χ0) is 10.6. The van der Waals surface area contributed by atoms with Crippen LogP contribution in [0.25, 0.3) is 0 Å². The van der Waals surface area contributed by atoms with Gasteiger partial charge in [0.05, 0.1) is 6.42 Å². The fourth-order valence-electron chi connectivity index (χ4n) is 0.852. The Balaban J connectivity index is 2.40. The third kappa shape index (κ3) is 3.18. The number of hydrogen-bond donors (Lipinski definition) is 1. The van der Waals surface area contributed by atoms with Crippen molar-refractivity contribution in [2.45, 2.75) is 19.4 Å². The lowest BCUT2D eigenvalue weighted by atomic mass is 10.3. The van der Waals surface area contributed by atoms with Crippen molar-refractivity contribution in [3.05, 3.63) is 22.4 Å². The topological polar surface area (TPSA) is 69.4 Å². The Kier molecular flexibility index (Phi) is 3.64. The Hall–Kier alpha value is -1.36. The number of esters is 1. The van der Waals surface area contributed by atoms with Crippen molar-refractivity contribution < 1.29 is 14.3 Å². The smallest absolute Gasteiger partial charge is 0.311 e. The van der Waals surface area contributed by atoms with Crippen LogP contribution < -0.4 is 5.73 Å². The molecule has 0 aliphatic heterocycles. The Bertz CT molecular complexity index is 321. The van der Waals surface area contributed by atoms with Crippen LogP contribution in [-0.2, 0) is 20.7 Å². The van der Waals surface area contributed by atoms with E-state index in [0.717, 1.165) is 4.88 Å². The number of rotatable bonds is 4. The molecule has 0 saturated heterocycles. The molecule has 5 heteroatoms. The average molecular weight is 213 g/mol. The summed E-state index contributed by atoms with van der Waals surface area (Å²) in [5.74, 6) is -1.07. The number of carbonyl (C=O) groups is 2. The molecule has 0 aliphatic rings. The molecule has 1 heterocycles. The van der Waals surface area contributed by atoms with Gasteiger partial charge in [-0.15, -0.1) is 11.3 Å². The first kappa shape index (κ1) is 10.7. The molecule has 0 unspecified atom stereocenters. The van der Waals surface area contributed by atoms with E-state index in [0.29, 0.717) is 0 Å². The molecule has 0 aromatic carbocycles. The number of amides is 1. The summed E-state index contributed by atoms with van der Waals surface area (Å²) in [5.41, 5.74) is 4.94. The summed E-state index contributed by atoms with van der Waals surface area (Å²) in [5, 5.41) is 1.88. The first-order chi connectivity index (χ1) is 6.59. The average Bonchev–Trinajstić information content (AvgIpc) is 2.56. The monoisotopic (exact) mass is 213 g/mol. The molecule has 1 atom stereocenters. The lowest BCUT2D eigenvalue weighted by Crippen LogP contribution is -2.30. The third-order valence-electron chi connectivity index (χ3n) is 1.61. The summed E-state index contributed by atoms with van der Waals surface area (Å²) in [6.07, 6.45) is -0.669. The van der Waals surface area contributed by atoms with Gasteiger partial charge in [0.2, 0.25) is 0 Å². The van der Waals surface area contributed by atoms with Gasteiger partial charge in [-0.25, -0.2) is 0 Å². The second-order valence-electron chi connectivity index (χ2n) is 2.79. The van der Waals surface area contributed by atoms with Crippen LogP contribution in [0.1, 0.15) is 11.8 Å². The minimum Gasteiger partial charge on any atom is -0.452 e. The molecule has 0 saturated carbocycles. The fraction of sp³-hybridized carbons (Fsp3) is 0.333. The molecule has 1 rings (SSSR count). The number of hydrogen-bond acceptors (Lipinski definition) is 4. The van der Waals surface area contributed by atoms with E-state index in [2.05, 4.69) is 0 Å². The standard InChI is InChI=1S/C9H11NO3S/c1-6(9(10)12)13-8(11)5-7-3-2-4-14-7/h2-4,6H,5H2,1H3,(H2,10,12)/t6-/m0/s1. The van der Waals surface area contributed by atoms with E-state index in [9.17, 15) is 9.59 Å². The van der Waals surface area contributed by atoms with Crippen LogP contribution in [0.15, 0.2) is 17.5 Å². The van der Waals surface area contributed by atoms with E-state index >= 15 is 0 Å². The van der Waals surface area contributed by atoms with Gasteiger partial charge >= 0.3 is 5.97 Å². The van der Waals surface area contributed by atoms with E-state index in [4.69, 9.17) is 10.5 Å². The van der Waals surface area contributed by atoms with Gasteiger partial charge in [0.15, 0.2) is 6.10 Å². The number of primary amides is 1. The highest BCUT2D eigenvalue weighted by Gasteiger charge is 2.14. The van der Waals surface area contributed by atoms with Crippen LogP contribution in [0.4, 0.5) is 0 Å². The Morgan fingerprint density at radius 3 is 2.86 bits per heavy atom. The molecule has 1 aromatic heterocycles. The Labute approximate surface area is 85.7 Å². The van der Waals surface area contributed by atoms with Gasteiger partial charge < -0.3 is 10.5 Å². The Morgan fingerprint density at radius 2 is 2.36 bits per heavy atom. The summed E-state index contributed by atoms with van der Waals surface area (Å²) < 4.78 is 4.78. The number of thiophene rings is 1. The largest absolute Gasteiger partial charge is 0.452 e. The maximum Gasteiger partial charge on any atom is 0.311 e. The number of ether oxygens (including phenoxy) is 1. The second kappa shape index (κ2) is 4.76. The maximum atomic E-state index is 11.2. The molecule has 2 N–H and O–H groups in total. The van der Waals surface area contributed by atoms with Gasteiger partial charge in [0.25, 0.3) is 5.91 Å². The molecule has 1 amide bonds. The molecule has 4 nitrogen and oxygen atoms in total. The van der Waals surface area contributed by atoms with Gasteiger partial charge in [0, 0.05) is 4.88 Å². The summed E-state index contributed by atoms with van der Waals surface area (Å²) >= 11 is 1.47. The van der Waals surface area contributed by atoms with Crippen molar-refractivity contribution in [2.75, 3.05) is 0 Å². The highest BCUT2D eigenvalue weighted by Crippen LogP contribution is 2.10. The van der Waals surface area contributed by atoms with E-state index in [1.165, 1.54) is 18.3 Å². The highest BCUT2D eigenvalue weighted by molar-refractivity contribution is 7.10. The second-order valence-corrected chi connectivity index (χ2v) is 3.82. The van der Waals surface area contributed by atoms with Gasteiger partial charge in [0.1, 0.15) is 0 Å². The quantitative estimate of drug-likeness (QED) is 0.749. The molecule has 14 heavy (non-hydrogen) atoms. The molecule has 0 fully saturated rings. The Morgan fingerprint density at radius 1 is 1.64 bits per heavy atom. The predicted octanol–water partition coefficient (Wildman–Crippen LogP) is 0.708. The molecule has 1 aromatic rings. The van der Waals surface area contributed by atoms with E-state index in [1.54, 1.807) is 0 Å². The molecule has 0 aliphatic carbocycles. The normalized spacial score (nSPS) is 12.1. The highest BCUT2D eigenvalue weighted by atomic mass is 32.1. The zero-order valence-electron chi connectivity index (χ0n) is 7.73. The van der Waals surface area contributed by atoms with Crippen molar-refractivity contribution in [2.24, 2.45) is 5.73 Å².